The molecule has 0 spiro atoms. The molecule has 5 nitrogen and oxygen atoms in total. The van der Waals surface area contributed by atoms with Gasteiger partial charge in [-0.05, 0) is 13.8 Å². The maximum atomic E-state index is 11.8. The molecule has 2 aliphatic heterocycles. The molecular formula is C8H11NO4S. The lowest BCUT2D eigenvalue weighted by Gasteiger charge is -2.34. The van der Waals surface area contributed by atoms with Crippen molar-refractivity contribution in [3.8, 4) is 0 Å². The van der Waals surface area contributed by atoms with Gasteiger partial charge in [0.15, 0.2) is 9.84 Å². The minimum absolute atomic E-state index is 0.0239. The fourth-order valence-corrected chi connectivity index (χ4v) is 4.19. The van der Waals surface area contributed by atoms with Gasteiger partial charge in [0.25, 0.3) is 0 Å². The van der Waals surface area contributed by atoms with E-state index in [9.17, 15) is 18.0 Å². The molecule has 0 aromatic rings. The third kappa shape index (κ3) is 0.778. The van der Waals surface area contributed by atoms with Crippen molar-refractivity contribution in [2.75, 3.05) is 0 Å². The van der Waals surface area contributed by atoms with E-state index in [1.54, 1.807) is 0 Å². The second-order valence-electron chi connectivity index (χ2n) is 4.19. The lowest BCUT2D eigenvalue weighted by Crippen LogP contribution is -2.54. The highest BCUT2D eigenvalue weighted by Gasteiger charge is 2.65. The Balaban J connectivity index is 2.56. The van der Waals surface area contributed by atoms with Crippen molar-refractivity contribution in [1.82, 2.24) is 4.90 Å². The first-order chi connectivity index (χ1) is 6.34. The van der Waals surface area contributed by atoms with Crippen molar-refractivity contribution < 1.29 is 18.0 Å². The Bertz CT molecular complexity index is 411. The van der Waals surface area contributed by atoms with Crippen LogP contribution in [0.2, 0.25) is 0 Å². The molecule has 1 amide bonds. The molecular weight excluding hydrogens is 206 g/mol. The van der Waals surface area contributed by atoms with E-state index in [-0.39, 0.29) is 12.3 Å². The summed E-state index contributed by atoms with van der Waals surface area (Å²) in [5.41, 5.74) is 0. The van der Waals surface area contributed by atoms with Gasteiger partial charge in [0.05, 0.1) is 11.2 Å². The number of β-lactam (4-membered cyclic amide) rings is 1. The van der Waals surface area contributed by atoms with E-state index < -0.39 is 26.0 Å². The summed E-state index contributed by atoms with van der Waals surface area (Å²) in [6, 6.07) is -0.821. The van der Waals surface area contributed by atoms with Crippen LogP contribution in [0.3, 0.4) is 0 Å². The Morgan fingerprint density at radius 1 is 1.50 bits per heavy atom. The molecule has 0 aromatic carbocycles. The van der Waals surface area contributed by atoms with Crippen LogP contribution < -0.4 is 0 Å². The van der Waals surface area contributed by atoms with Crippen LogP contribution in [0.5, 0.6) is 0 Å². The van der Waals surface area contributed by atoms with Crippen LogP contribution in [0.15, 0.2) is 0 Å². The van der Waals surface area contributed by atoms with E-state index in [2.05, 4.69) is 0 Å². The highest BCUT2D eigenvalue weighted by molar-refractivity contribution is 7.93. The SMILES string of the molecule is CC1(C)[C@H](C=O)N2C(=O)CC2S1(=O)=O. The van der Waals surface area contributed by atoms with Gasteiger partial charge in [-0.1, -0.05) is 0 Å². The van der Waals surface area contributed by atoms with Crippen molar-refractivity contribution in [3.05, 3.63) is 0 Å². The lowest BCUT2D eigenvalue weighted by molar-refractivity contribution is -0.146. The summed E-state index contributed by atoms with van der Waals surface area (Å²) in [4.78, 5) is 23.1. The third-order valence-electron chi connectivity index (χ3n) is 3.18. The zero-order valence-electron chi connectivity index (χ0n) is 7.93. The van der Waals surface area contributed by atoms with E-state index in [0.717, 1.165) is 0 Å². The van der Waals surface area contributed by atoms with Crippen molar-refractivity contribution in [1.29, 1.82) is 0 Å². The van der Waals surface area contributed by atoms with Crippen LogP contribution in [0, 0.1) is 0 Å². The second kappa shape index (κ2) is 2.36. The molecule has 2 aliphatic rings. The molecule has 2 rings (SSSR count). The molecule has 2 fully saturated rings. The Labute approximate surface area is 82.0 Å². The number of hydrogen-bond donors (Lipinski definition) is 0. The van der Waals surface area contributed by atoms with Gasteiger partial charge in [0.2, 0.25) is 5.91 Å². The molecule has 0 aromatic heterocycles. The van der Waals surface area contributed by atoms with Crippen molar-refractivity contribution >= 4 is 22.0 Å². The second-order valence-corrected chi connectivity index (χ2v) is 6.88. The van der Waals surface area contributed by atoms with E-state index in [1.165, 1.54) is 18.7 Å². The summed E-state index contributed by atoms with van der Waals surface area (Å²) >= 11 is 0. The van der Waals surface area contributed by atoms with Gasteiger partial charge in [-0.2, -0.15) is 0 Å². The van der Waals surface area contributed by atoms with Crippen LogP contribution in [-0.2, 0) is 19.4 Å². The Hall–Kier alpha value is -0.910. The number of fused-ring (bicyclic) bond motifs is 1. The van der Waals surface area contributed by atoms with E-state index in [4.69, 9.17) is 0 Å². The Morgan fingerprint density at radius 2 is 2.07 bits per heavy atom. The molecule has 1 unspecified atom stereocenters. The first-order valence-corrected chi connectivity index (χ1v) is 5.88. The Kier molecular flexibility index (Phi) is 1.63. The number of amides is 1. The van der Waals surface area contributed by atoms with Crippen molar-refractivity contribution in [2.24, 2.45) is 0 Å². The number of hydrogen-bond acceptors (Lipinski definition) is 4. The normalized spacial score (nSPS) is 37.6. The molecule has 0 bridgehead atoms. The minimum atomic E-state index is -3.39. The first-order valence-electron chi connectivity index (χ1n) is 4.34. The number of nitrogens with zero attached hydrogens (tertiary/aromatic N) is 1. The average molecular weight is 217 g/mol. The molecule has 2 heterocycles. The van der Waals surface area contributed by atoms with Crippen LogP contribution in [0.4, 0.5) is 0 Å². The topological polar surface area (TPSA) is 71.5 Å². The van der Waals surface area contributed by atoms with Crippen LogP contribution >= 0.6 is 0 Å². The zero-order valence-corrected chi connectivity index (χ0v) is 8.74. The standard InChI is InChI=1S/C8H11NO4S/c1-8(2)5(4-10)9-6(11)3-7(9)14(8,12)13/h4-5,7H,3H2,1-2H3/t5-,7?/m0/s1. The Morgan fingerprint density at radius 3 is 2.43 bits per heavy atom. The number of carbonyl (C=O) groups is 2. The molecule has 0 radical (unpaired) electrons. The maximum Gasteiger partial charge on any atom is 0.227 e. The van der Waals surface area contributed by atoms with Gasteiger partial charge in [-0.15, -0.1) is 0 Å². The van der Waals surface area contributed by atoms with Crippen LogP contribution in [0.1, 0.15) is 20.3 Å². The third-order valence-corrected chi connectivity index (χ3v) is 6.00. The zero-order chi connectivity index (χ0) is 10.7. The molecule has 2 saturated heterocycles. The van der Waals surface area contributed by atoms with Gasteiger partial charge < -0.3 is 9.69 Å². The monoisotopic (exact) mass is 217 g/mol. The van der Waals surface area contributed by atoms with Gasteiger partial charge in [0, 0.05) is 0 Å². The van der Waals surface area contributed by atoms with E-state index >= 15 is 0 Å². The van der Waals surface area contributed by atoms with Crippen LogP contribution in [0.25, 0.3) is 0 Å². The molecule has 0 N–H and O–H groups in total. The minimum Gasteiger partial charge on any atom is -0.314 e. The number of rotatable bonds is 1. The summed E-state index contributed by atoms with van der Waals surface area (Å²) in [6.07, 6.45) is 0.574. The molecule has 2 atom stereocenters. The van der Waals surface area contributed by atoms with Gasteiger partial charge in [0.1, 0.15) is 17.7 Å². The summed E-state index contributed by atoms with van der Waals surface area (Å²) < 4.78 is 22.5. The predicted octanol–water partition coefficient (Wildman–Crippen LogP) is -0.681. The summed E-state index contributed by atoms with van der Waals surface area (Å²) in [5, 5.41) is -0.764. The number of carbonyl (C=O) groups excluding carboxylic acids is 2. The lowest BCUT2D eigenvalue weighted by atomic mass is 10.00. The molecule has 14 heavy (non-hydrogen) atoms. The quantitative estimate of drug-likeness (QED) is 0.431. The van der Waals surface area contributed by atoms with Crippen molar-refractivity contribution in [2.45, 2.75) is 36.4 Å². The summed E-state index contributed by atoms with van der Waals surface area (Å²) in [7, 11) is -3.39. The highest BCUT2D eigenvalue weighted by Crippen LogP contribution is 2.44. The molecule has 78 valence electrons. The summed E-state index contributed by atoms with van der Waals surface area (Å²) in [5.74, 6) is -0.249. The van der Waals surface area contributed by atoms with Gasteiger partial charge in [-0.3, -0.25) is 4.79 Å². The first kappa shape index (κ1) is 9.64. The smallest absolute Gasteiger partial charge is 0.227 e. The summed E-state index contributed by atoms with van der Waals surface area (Å²) in [6.45, 7) is 2.99. The molecule has 0 aliphatic carbocycles. The van der Waals surface area contributed by atoms with Gasteiger partial charge in [-0.25, -0.2) is 8.42 Å². The molecule has 0 saturated carbocycles. The fourth-order valence-electron chi connectivity index (χ4n) is 2.08. The number of aldehydes is 1. The highest BCUT2D eigenvalue weighted by atomic mass is 32.2. The number of sulfone groups is 1. The van der Waals surface area contributed by atoms with E-state index in [0.29, 0.717) is 6.29 Å². The van der Waals surface area contributed by atoms with Gasteiger partial charge >= 0.3 is 0 Å². The largest absolute Gasteiger partial charge is 0.314 e. The van der Waals surface area contributed by atoms with E-state index in [1.807, 2.05) is 0 Å². The van der Waals surface area contributed by atoms with Crippen LogP contribution in [-0.4, -0.2) is 41.7 Å². The predicted molar refractivity (Wildman–Crippen MR) is 48.1 cm³/mol. The fraction of sp³-hybridized carbons (Fsp3) is 0.750. The maximum absolute atomic E-state index is 11.8. The van der Waals surface area contributed by atoms with Crippen molar-refractivity contribution in [3.63, 3.8) is 0 Å². The molecule has 6 heteroatoms. The average Bonchev–Trinajstić information content (AvgIpc) is 2.19.